The fourth-order valence-electron chi connectivity index (χ4n) is 3.51. The highest BCUT2D eigenvalue weighted by molar-refractivity contribution is 8.20. The molecule has 2 aromatic carbocycles. The fourth-order valence-corrected chi connectivity index (χ4v) is 6.67. The first-order valence-electron chi connectivity index (χ1n) is 7.34. The van der Waals surface area contributed by atoms with Gasteiger partial charge >= 0.3 is 0 Å². The molecule has 4 heteroatoms. The van der Waals surface area contributed by atoms with Crippen molar-refractivity contribution in [3.8, 4) is 0 Å². The van der Waals surface area contributed by atoms with Gasteiger partial charge in [0.25, 0.3) is 5.91 Å². The highest BCUT2D eigenvalue weighted by Gasteiger charge is 2.46. The largest absolute Gasteiger partial charge is 0.276 e. The average Bonchev–Trinajstić information content (AvgIpc) is 3.13. The molecular formula is C18H13NOS2. The monoisotopic (exact) mass is 323 g/mol. The molecule has 3 aliphatic heterocycles. The van der Waals surface area contributed by atoms with Crippen LogP contribution in [-0.4, -0.2) is 17.4 Å². The Labute approximate surface area is 137 Å². The number of carbonyl (C=O) groups excluding carboxylic acids is 1. The van der Waals surface area contributed by atoms with Crippen molar-refractivity contribution in [3.63, 3.8) is 0 Å². The van der Waals surface area contributed by atoms with Gasteiger partial charge in [0.1, 0.15) is 4.08 Å². The molecule has 22 heavy (non-hydrogen) atoms. The number of nitrogens with zero attached hydrogens (tertiary/aromatic N) is 1. The minimum Gasteiger partial charge on any atom is -0.276 e. The molecule has 0 radical (unpaired) electrons. The summed E-state index contributed by atoms with van der Waals surface area (Å²) in [4.78, 5) is 14.8. The topological polar surface area (TPSA) is 20.3 Å². The van der Waals surface area contributed by atoms with Crippen molar-refractivity contribution >= 4 is 40.8 Å². The highest BCUT2D eigenvalue weighted by atomic mass is 32.2. The van der Waals surface area contributed by atoms with Gasteiger partial charge in [-0.05, 0) is 18.2 Å². The van der Waals surface area contributed by atoms with Crippen LogP contribution in [0.1, 0.15) is 21.5 Å². The van der Waals surface area contributed by atoms with E-state index in [1.165, 1.54) is 5.56 Å². The molecule has 1 fully saturated rings. The van der Waals surface area contributed by atoms with Gasteiger partial charge in [-0.2, -0.15) is 0 Å². The van der Waals surface area contributed by atoms with E-state index in [1.54, 1.807) is 0 Å². The molecule has 3 heterocycles. The molecule has 1 spiro atoms. The number of amides is 1. The van der Waals surface area contributed by atoms with Gasteiger partial charge in [0.15, 0.2) is 0 Å². The predicted octanol–water partition coefficient (Wildman–Crippen LogP) is 4.33. The van der Waals surface area contributed by atoms with E-state index in [0.29, 0.717) is 0 Å². The Morgan fingerprint density at radius 1 is 0.909 bits per heavy atom. The standard InChI is InChI=1S/C18H13NOS2/c20-17-13-6-2-1-5-12(13)16-11-18(21-9-10-22-18)14-7-3-4-8-15(14)19(16)17/h1-8,11H,9-10H2. The molecule has 108 valence electrons. The summed E-state index contributed by atoms with van der Waals surface area (Å²) in [6.45, 7) is 0. The smallest absolute Gasteiger partial charge is 0.263 e. The second kappa shape index (κ2) is 4.43. The van der Waals surface area contributed by atoms with Crippen LogP contribution in [-0.2, 0) is 4.08 Å². The number of rotatable bonds is 0. The normalized spacial score (nSPS) is 20.6. The maximum Gasteiger partial charge on any atom is 0.263 e. The van der Waals surface area contributed by atoms with Crippen LogP contribution in [0.4, 0.5) is 5.69 Å². The number of benzene rings is 2. The predicted molar refractivity (Wildman–Crippen MR) is 94.3 cm³/mol. The SMILES string of the molecule is O=C1c2ccccc2C2=CC3(SCCS3)c3ccccc3N12. The summed E-state index contributed by atoms with van der Waals surface area (Å²) in [5.41, 5.74) is 5.24. The van der Waals surface area contributed by atoms with Crippen LogP contribution in [0, 0.1) is 0 Å². The Morgan fingerprint density at radius 3 is 2.41 bits per heavy atom. The van der Waals surface area contributed by atoms with Gasteiger partial charge in [-0.1, -0.05) is 36.4 Å². The van der Waals surface area contributed by atoms with Crippen LogP contribution in [0.25, 0.3) is 5.70 Å². The Morgan fingerprint density at radius 2 is 1.59 bits per heavy atom. The van der Waals surface area contributed by atoms with Crippen molar-refractivity contribution in [3.05, 3.63) is 71.3 Å². The van der Waals surface area contributed by atoms with Crippen LogP contribution < -0.4 is 4.90 Å². The molecular weight excluding hydrogens is 310 g/mol. The zero-order chi connectivity index (χ0) is 14.7. The Kier molecular flexibility index (Phi) is 2.59. The number of para-hydroxylation sites is 1. The number of anilines is 1. The van der Waals surface area contributed by atoms with E-state index >= 15 is 0 Å². The summed E-state index contributed by atoms with van der Waals surface area (Å²) in [6.07, 6.45) is 2.31. The molecule has 0 atom stereocenters. The summed E-state index contributed by atoms with van der Waals surface area (Å²) in [7, 11) is 0. The van der Waals surface area contributed by atoms with Crippen LogP contribution in [0.5, 0.6) is 0 Å². The molecule has 0 bridgehead atoms. The molecule has 5 rings (SSSR count). The lowest BCUT2D eigenvalue weighted by atomic mass is 10.0. The van der Waals surface area contributed by atoms with Gasteiger partial charge in [-0.25, -0.2) is 0 Å². The number of fused-ring (bicyclic) bond motifs is 6. The fraction of sp³-hybridized carbons (Fsp3) is 0.167. The molecule has 0 aliphatic carbocycles. The minimum atomic E-state index is -0.0415. The van der Waals surface area contributed by atoms with Gasteiger partial charge in [0.05, 0.1) is 11.4 Å². The molecule has 0 aromatic heterocycles. The number of hydrogen-bond donors (Lipinski definition) is 0. The molecule has 0 saturated carbocycles. The Balaban J connectivity index is 1.83. The molecule has 2 nitrogen and oxygen atoms in total. The third-order valence-electron chi connectivity index (χ3n) is 4.44. The maximum absolute atomic E-state index is 12.9. The molecule has 3 aliphatic rings. The van der Waals surface area contributed by atoms with Gasteiger partial charge < -0.3 is 0 Å². The average molecular weight is 323 g/mol. The zero-order valence-electron chi connectivity index (χ0n) is 11.8. The molecule has 1 saturated heterocycles. The first kappa shape index (κ1) is 12.9. The minimum absolute atomic E-state index is 0.0415. The molecule has 1 amide bonds. The lowest BCUT2D eigenvalue weighted by Gasteiger charge is -2.36. The lowest BCUT2D eigenvalue weighted by molar-refractivity contribution is 0.101. The van der Waals surface area contributed by atoms with Crippen LogP contribution >= 0.6 is 23.5 Å². The third kappa shape index (κ3) is 1.52. The maximum atomic E-state index is 12.9. The quantitative estimate of drug-likeness (QED) is 0.719. The van der Waals surface area contributed by atoms with Crippen LogP contribution in [0.15, 0.2) is 54.6 Å². The summed E-state index contributed by atoms with van der Waals surface area (Å²) in [5.74, 6) is 2.40. The van der Waals surface area contributed by atoms with Gasteiger partial charge in [0, 0.05) is 28.2 Å². The van der Waals surface area contributed by atoms with Gasteiger partial charge in [-0.15, -0.1) is 23.5 Å². The molecule has 0 unspecified atom stereocenters. The van der Waals surface area contributed by atoms with E-state index in [2.05, 4.69) is 30.3 Å². The van der Waals surface area contributed by atoms with E-state index in [-0.39, 0.29) is 9.99 Å². The summed E-state index contributed by atoms with van der Waals surface area (Å²) in [5, 5.41) is 0. The van der Waals surface area contributed by atoms with Crippen LogP contribution in [0.2, 0.25) is 0 Å². The second-order valence-electron chi connectivity index (χ2n) is 5.60. The van der Waals surface area contributed by atoms with Crippen molar-refractivity contribution < 1.29 is 4.79 Å². The van der Waals surface area contributed by atoms with E-state index in [0.717, 1.165) is 34.0 Å². The first-order chi connectivity index (χ1) is 10.8. The van der Waals surface area contributed by atoms with Crippen molar-refractivity contribution in [1.82, 2.24) is 0 Å². The van der Waals surface area contributed by atoms with Gasteiger partial charge in [-0.3, -0.25) is 9.69 Å². The zero-order valence-corrected chi connectivity index (χ0v) is 13.4. The van der Waals surface area contributed by atoms with E-state index in [1.807, 2.05) is 52.7 Å². The summed E-state index contributed by atoms with van der Waals surface area (Å²) < 4.78 is -0.0415. The number of thioether (sulfide) groups is 2. The lowest BCUT2D eigenvalue weighted by Crippen LogP contribution is -2.31. The summed E-state index contributed by atoms with van der Waals surface area (Å²) >= 11 is 3.96. The first-order valence-corrected chi connectivity index (χ1v) is 9.31. The van der Waals surface area contributed by atoms with Crippen LogP contribution in [0.3, 0.4) is 0 Å². The summed E-state index contributed by atoms with van der Waals surface area (Å²) in [6, 6.07) is 16.3. The van der Waals surface area contributed by atoms with Crippen molar-refractivity contribution in [2.75, 3.05) is 16.4 Å². The van der Waals surface area contributed by atoms with Crippen molar-refractivity contribution in [2.24, 2.45) is 0 Å². The second-order valence-corrected chi connectivity index (χ2v) is 8.54. The third-order valence-corrected chi connectivity index (χ3v) is 7.76. The van der Waals surface area contributed by atoms with Crippen molar-refractivity contribution in [2.45, 2.75) is 4.08 Å². The Hall–Kier alpha value is -1.65. The van der Waals surface area contributed by atoms with E-state index < -0.39 is 0 Å². The van der Waals surface area contributed by atoms with E-state index in [9.17, 15) is 4.79 Å². The van der Waals surface area contributed by atoms with E-state index in [4.69, 9.17) is 0 Å². The number of hydrogen-bond acceptors (Lipinski definition) is 3. The van der Waals surface area contributed by atoms with Gasteiger partial charge in [0.2, 0.25) is 0 Å². The number of carbonyl (C=O) groups is 1. The van der Waals surface area contributed by atoms with Crippen molar-refractivity contribution in [1.29, 1.82) is 0 Å². The molecule has 2 aromatic rings. The highest BCUT2D eigenvalue weighted by Crippen LogP contribution is 2.60. The Bertz CT molecular complexity index is 836. The molecule has 0 N–H and O–H groups in total.